The standard InChI is InChI=1S/C26H32N2O4/c1-3-32-26(31)28(23-13-9-10-20(2)24(23)25(29)30)17-8-7-16-27-18-14-22(15-19-27)21-11-5-4-6-12-21/h4-6,9-14H,3,7-8,15-19H2,1-2H3,(H,29,30). The van der Waals surface area contributed by atoms with Gasteiger partial charge in [0.25, 0.3) is 0 Å². The molecule has 0 radical (unpaired) electrons. The summed E-state index contributed by atoms with van der Waals surface area (Å²) in [5.41, 5.74) is 3.86. The van der Waals surface area contributed by atoms with Crippen LogP contribution in [0.15, 0.2) is 54.6 Å². The molecule has 1 aliphatic heterocycles. The van der Waals surface area contributed by atoms with Crippen molar-refractivity contribution >= 4 is 23.3 Å². The molecular formula is C26H32N2O4. The Balaban J connectivity index is 1.58. The minimum Gasteiger partial charge on any atom is -0.478 e. The van der Waals surface area contributed by atoms with Crippen LogP contribution in [0.3, 0.4) is 0 Å². The molecule has 170 valence electrons. The molecule has 1 amide bonds. The molecule has 0 spiro atoms. The average Bonchev–Trinajstić information content (AvgIpc) is 2.80. The highest BCUT2D eigenvalue weighted by molar-refractivity contribution is 6.01. The number of unbranched alkanes of at least 4 members (excludes halogenated alkanes) is 1. The summed E-state index contributed by atoms with van der Waals surface area (Å²) in [6.07, 6.45) is 4.50. The topological polar surface area (TPSA) is 70.1 Å². The highest BCUT2D eigenvalue weighted by Gasteiger charge is 2.24. The molecular weight excluding hydrogens is 404 g/mol. The SMILES string of the molecule is CCOC(=O)N(CCCCN1CC=C(c2ccccc2)CC1)c1cccc(C)c1C(=O)O. The van der Waals surface area contributed by atoms with E-state index >= 15 is 0 Å². The number of rotatable bonds is 9. The van der Waals surface area contributed by atoms with Crippen molar-refractivity contribution in [3.05, 3.63) is 71.3 Å². The Morgan fingerprint density at radius 3 is 2.53 bits per heavy atom. The van der Waals surface area contributed by atoms with Gasteiger partial charge in [-0.1, -0.05) is 48.5 Å². The van der Waals surface area contributed by atoms with Gasteiger partial charge in [0.05, 0.1) is 17.9 Å². The van der Waals surface area contributed by atoms with Crippen molar-refractivity contribution in [2.45, 2.75) is 33.1 Å². The van der Waals surface area contributed by atoms with E-state index in [2.05, 4.69) is 35.2 Å². The van der Waals surface area contributed by atoms with Gasteiger partial charge in [0.15, 0.2) is 0 Å². The fourth-order valence-electron chi connectivity index (χ4n) is 4.10. The van der Waals surface area contributed by atoms with E-state index in [1.54, 1.807) is 32.0 Å². The number of carbonyl (C=O) groups is 2. The number of amides is 1. The van der Waals surface area contributed by atoms with Crippen molar-refractivity contribution in [2.75, 3.05) is 37.7 Å². The van der Waals surface area contributed by atoms with Gasteiger partial charge in [-0.05, 0) is 62.4 Å². The number of carboxylic acids is 1. The molecule has 6 heteroatoms. The lowest BCUT2D eigenvalue weighted by Crippen LogP contribution is -2.35. The highest BCUT2D eigenvalue weighted by Crippen LogP contribution is 2.26. The molecule has 32 heavy (non-hydrogen) atoms. The number of carbonyl (C=O) groups excluding carboxylic acids is 1. The Labute approximate surface area is 190 Å². The van der Waals surface area contributed by atoms with Gasteiger partial charge in [0.1, 0.15) is 0 Å². The summed E-state index contributed by atoms with van der Waals surface area (Å²) in [6.45, 7) is 7.03. The van der Waals surface area contributed by atoms with Crippen molar-refractivity contribution in [2.24, 2.45) is 0 Å². The minimum atomic E-state index is -1.04. The van der Waals surface area contributed by atoms with Gasteiger partial charge >= 0.3 is 12.1 Å². The zero-order chi connectivity index (χ0) is 22.9. The van der Waals surface area contributed by atoms with Gasteiger partial charge in [-0.25, -0.2) is 9.59 Å². The third-order valence-corrected chi connectivity index (χ3v) is 5.79. The third kappa shape index (κ3) is 5.98. The predicted molar refractivity (Wildman–Crippen MR) is 127 cm³/mol. The summed E-state index contributed by atoms with van der Waals surface area (Å²) < 4.78 is 5.21. The number of ether oxygens (including phenoxy) is 1. The molecule has 1 N–H and O–H groups in total. The fraction of sp³-hybridized carbons (Fsp3) is 0.385. The molecule has 2 aromatic rings. The zero-order valence-electron chi connectivity index (χ0n) is 18.9. The van der Waals surface area contributed by atoms with E-state index in [0.29, 0.717) is 17.8 Å². The number of hydrogen-bond acceptors (Lipinski definition) is 4. The van der Waals surface area contributed by atoms with E-state index in [0.717, 1.165) is 38.9 Å². The molecule has 0 aliphatic carbocycles. The monoisotopic (exact) mass is 436 g/mol. The second kappa shape index (κ2) is 11.5. The molecule has 0 unspecified atom stereocenters. The molecule has 0 fully saturated rings. The van der Waals surface area contributed by atoms with E-state index in [4.69, 9.17) is 4.74 Å². The van der Waals surface area contributed by atoms with E-state index in [1.807, 2.05) is 6.07 Å². The Morgan fingerprint density at radius 2 is 1.88 bits per heavy atom. The summed E-state index contributed by atoms with van der Waals surface area (Å²) in [4.78, 5) is 28.3. The van der Waals surface area contributed by atoms with Crippen LogP contribution in [0.25, 0.3) is 5.57 Å². The Morgan fingerprint density at radius 1 is 1.09 bits per heavy atom. The summed E-state index contributed by atoms with van der Waals surface area (Å²) in [5, 5.41) is 9.66. The molecule has 6 nitrogen and oxygen atoms in total. The first-order chi connectivity index (χ1) is 15.5. The molecule has 3 rings (SSSR count). The van der Waals surface area contributed by atoms with Crippen LogP contribution in [0.4, 0.5) is 10.5 Å². The van der Waals surface area contributed by atoms with Gasteiger partial charge in [-0.3, -0.25) is 9.80 Å². The maximum atomic E-state index is 12.6. The summed E-state index contributed by atoms with van der Waals surface area (Å²) in [7, 11) is 0. The number of benzene rings is 2. The number of anilines is 1. The molecule has 0 bridgehead atoms. The second-order valence-corrected chi connectivity index (χ2v) is 7.98. The van der Waals surface area contributed by atoms with Gasteiger partial charge in [-0.2, -0.15) is 0 Å². The number of hydrogen-bond donors (Lipinski definition) is 1. The van der Waals surface area contributed by atoms with E-state index < -0.39 is 12.1 Å². The molecule has 2 aromatic carbocycles. The third-order valence-electron chi connectivity index (χ3n) is 5.79. The fourth-order valence-corrected chi connectivity index (χ4v) is 4.10. The molecule has 1 heterocycles. The highest BCUT2D eigenvalue weighted by atomic mass is 16.6. The van der Waals surface area contributed by atoms with Crippen molar-refractivity contribution < 1.29 is 19.4 Å². The summed E-state index contributed by atoms with van der Waals surface area (Å²) in [6, 6.07) is 15.7. The van der Waals surface area contributed by atoms with Crippen LogP contribution in [0, 0.1) is 6.92 Å². The van der Waals surface area contributed by atoms with Gasteiger partial charge in [-0.15, -0.1) is 0 Å². The van der Waals surface area contributed by atoms with Crippen LogP contribution in [-0.4, -0.2) is 54.9 Å². The normalized spacial score (nSPS) is 14.0. The lowest BCUT2D eigenvalue weighted by molar-refractivity contribution is 0.0697. The predicted octanol–water partition coefficient (Wildman–Crippen LogP) is 5.23. The Hall–Kier alpha value is -3.12. The van der Waals surface area contributed by atoms with E-state index in [9.17, 15) is 14.7 Å². The lowest BCUT2D eigenvalue weighted by atomic mass is 9.99. The van der Waals surface area contributed by atoms with Crippen LogP contribution in [0.2, 0.25) is 0 Å². The van der Waals surface area contributed by atoms with Crippen molar-refractivity contribution in [3.8, 4) is 0 Å². The molecule has 0 aromatic heterocycles. The van der Waals surface area contributed by atoms with Crippen LogP contribution in [0.5, 0.6) is 0 Å². The Kier molecular flexibility index (Phi) is 8.45. The average molecular weight is 437 g/mol. The quantitative estimate of drug-likeness (QED) is 0.546. The summed E-state index contributed by atoms with van der Waals surface area (Å²) >= 11 is 0. The van der Waals surface area contributed by atoms with E-state index in [-0.39, 0.29) is 12.2 Å². The largest absolute Gasteiger partial charge is 0.478 e. The Bertz CT molecular complexity index is 956. The second-order valence-electron chi connectivity index (χ2n) is 7.98. The molecule has 1 aliphatic rings. The number of nitrogens with zero attached hydrogens (tertiary/aromatic N) is 2. The van der Waals surface area contributed by atoms with Crippen LogP contribution < -0.4 is 4.90 Å². The van der Waals surface area contributed by atoms with Gasteiger partial charge < -0.3 is 9.84 Å². The molecule has 0 atom stereocenters. The number of aryl methyl sites for hydroxylation is 1. The zero-order valence-corrected chi connectivity index (χ0v) is 18.9. The number of aromatic carboxylic acids is 1. The molecule has 0 saturated carbocycles. The van der Waals surface area contributed by atoms with Gasteiger partial charge in [0, 0.05) is 19.6 Å². The summed E-state index contributed by atoms with van der Waals surface area (Å²) in [5.74, 6) is -1.04. The number of carboxylic acid groups (broad SMARTS) is 1. The maximum Gasteiger partial charge on any atom is 0.414 e. The van der Waals surface area contributed by atoms with Crippen LogP contribution >= 0.6 is 0 Å². The van der Waals surface area contributed by atoms with E-state index in [1.165, 1.54) is 16.0 Å². The van der Waals surface area contributed by atoms with Crippen LogP contribution in [-0.2, 0) is 4.74 Å². The minimum absolute atomic E-state index is 0.148. The first-order valence-electron chi connectivity index (χ1n) is 11.2. The van der Waals surface area contributed by atoms with Gasteiger partial charge in [0.2, 0.25) is 0 Å². The smallest absolute Gasteiger partial charge is 0.414 e. The maximum absolute atomic E-state index is 12.6. The lowest BCUT2D eigenvalue weighted by Gasteiger charge is -2.27. The first kappa shape index (κ1) is 23.5. The van der Waals surface area contributed by atoms with Crippen molar-refractivity contribution in [1.29, 1.82) is 0 Å². The van der Waals surface area contributed by atoms with Crippen LogP contribution in [0.1, 0.15) is 47.7 Å². The van der Waals surface area contributed by atoms with Crippen molar-refractivity contribution in [3.63, 3.8) is 0 Å². The molecule has 0 saturated heterocycles. The first-order valence-corrected chi connectivity index (χ1v) is 11.2. The van der Waals surface area contributed by atoms with Crippen molar-refractivity contribution in [1.82, 2.24) is 4.90 Å².